The van der Waals surface area contributed by atoms with E-state index < -0.39 is 0 Å². The standard InChI is InChI=1S/C17H18N2O2S/c1-3-20-12-5-6-16(21-4-2)14(9-12)19-15-10-18-11-17-13(15)7-8-22-17/h5-11,19H,3-4H2,1-2H3. The molecular weight excluding hydrogens is 296 g/mol. The molecule has 0 amide bonds. The lowest BCUT2D eigenvalue weighted by atomic mass is 10.2. The van der Waals surface area contributed by atoms with Crippen LogP contribution in [0.4, 0.5) is 11.4 Å². The largest absolute Gasteiger partial charge is 0.494 e. The van der Waals surface area contributed by atoms with Crippen molar-refractivity contribution in [3.63, 3.8) is 0 Å². The van der Waals surface area contributed by atoms with E-state index in [2.05, 4.69) is 21.7 Å². The summed E-state index contributed by atoms with van der Waals surface area (Å²) in [4.78, 5) is 4.29. The van der Waals surface area contributed by atoms with Crippen LogP contribution >= 0.6 is 11.3 Å². The van der Waals surface area contributed by atoms with Crippen LogP contribution in [0.5, 0.6) is 11.5 Å². The Morgan fingerprint density at radius 3 is 2.73 bits per heavy atom. The van der Waals surface area contributed by atoms with E-state index in [1.807, 2.05) is 44.4 Å². The van der Waals surface area contributed by atoms with Crippen molar-refractivity contribution in [1.82, 2.24) is 4.98 Å². The van der Waals surface area contributed by atoms with Gasteiger partial charge in [-0.15, -0.1) is 11.3 Å². The molecule has 4 nitrogen and oxygen atoms in total. The zero-order valence-corrected chi connectivity index (χ0v) is 13.4. The summed E-state index contributed by atoms with van der Waals surface area (Å²) >= 11 is 1.68. The molecule has 22 heavy (non-hydrogen) atoms. The molecule has 0 atom stereocenters. The number of rotatable bonds is 6. The summed E-state index contributed by atoms with van der Waals surface area (Å²) < 4.78 is 12.4. The van der Waals surface area contributed by atoms with Crippen molar-refractivity contribution >= 4 is 32.8 Å². The van der Waals surface area contributed by atoms with Crippen LogP contribution in [0, 0.1) is 0 Å². The molecule has 1 N–H and O–H groups in total. The van der Waals surface area contributed by atoms with Gasteiger partial charge in [0.25, 0.3) is 0 Å². The molecule has 2 heterocycles. The molecule has 0 spiro atoms. The monoisotopic (exact) mass is 314 g/mol. The van der Waals surface area contributed by atoms with Gasteiger partial charge in [-0.2, -0.15) is 0 Å². The Morgan fingerprint density at radius 1 is 1.05 bits per heavy atom. The van der Waals surface area contributed by atoms with Gasteiger partial charge in [0.2, 0.25) is 0 Å². The predicted octanol–water partition coefficient (Wildman–Crippen LogP) is 4.84. The fourth-order valence-corrected chi connectivity index (χ4v) is 3.06. The number of anilines is 2. The summed E-state index contributed by atoms with van der Waals surface area (Å²) in [6.07, 6.45) is 3.71. The van der Waals surface area contributed by atoms with Gasteiger partial charge < -0.3 is 14.8 Å². The lowest BCUT2D eigenvalue weighted by Crippen LogP contribution is -2.00. The molecule has 5 heteroatoms. The second-order valence-corrected chi connectivity index (χ2v) is 5.62. The molecular formula is C17H18N2O2S. The topological polar surface area (TPSA) is 43.4 Å². The zero-order chi connectivity index (χ0) is 15.4. The highest BCUT2D eigenvalue weighted by Gasteiger charge is 2.09. The number of hydrogen-bond donors (Lipinski definition) is 1. The first-order chi connectivity index (χ1) is 10.8. The molecule has 0 aliphatic heterocycles. The second kappa shape index (κ2) is 6.66. The first-order valence-corrected chi connectivity index (χ1v) is 8.17. The van der Waals surface area contributed by atoms with Crippen molar-refractivity contribution in [3.8, 4) is 11.5 Å². The lowest BCUT2D eigenvalue weighted by Gasteiger charge is -2.14. The average Bonchev–Trinajstić information content (AvgIpc) is 3.00. The maximum atomic E-state index is 5.70. The predicted molar refractivity (Wildman–Crippen MR) is 91.7 cm³/mol. The second-order valence-electron chi connectivity index (χ2n) is 4.67. The van der Waals surface area contributed by atoms with Crippen LogP contribution in [0.1, 0.15) is 13.8 Å². The van der Waals surface area contributed by atoms with Crippen LogP contribution < -0.4 is 14.8 Å². The van der Waals surface area contributed by atoms with E-state index in [1.54, 1.807) is 11.3 Å². The van der Waals surface area contributed by atoms with Crippen molar-refractivity contribution in [3.05, 3.63) is 42.0 Å². The fourth-order valence-electron chi connectivity index (χ4n) is 2.28. The maximum absolute atomic E-state index is 5.70. The van der Waals surface area contributed by atoms with E-state index in [4.69, 9.17) is 9.47 Å². The van der Waals surface area contributed by atoms with Gasteiger partial charge in [0.05, 0.1) is 35.5 Å². The summed E-state index contributed by atoms with van der Waals surface area (Å²) in [5, 5.41) is 6.65. The Hall–Kier alpha value is -2.27. The number of nitrogens with zero attached hydrogens (tertiary/aromatic N) is 1. The van der Waals surface area contributed by atoms with E-state index in [0.717, 1.165) is 33.0 Å². The summed E-state index contributed by atoms with van der Waals surface area (Å²) in [6.45, 7) is 5.19. The highest BCUT2D eigenvalue weighted by Crippen LogP contribution is 2.35. The number of ether oxygens (including phenoxy) is 2. The van der Waals surface area contributed by atoms with Crippen LogP contribution in [0.15, 0.2) is 42.0 Å². The third-order valence-electron chi connectivity index (χ3n) is 3.21. The van der Waals surface area contributed by atoms with Crippen LogP contribution in [-0.2, 0) is 0 Å². The highest BCUT2D eigenvalue weighted by molar-refractivity contribution is 7.17. The summed E-state index contributed by atoms with van der Waals surface area (Å²) in [5.41, 5.74) is 1.85. The van der Waals surface area contributed by atoms with Gasteiger partial charge in [-0.1, -0.05) is 0 Å². The minimum absolute atomic E-state index is 0.615. The molecule has 0 saturated heterocycles. The quantitative estimate of drug-likeness (QED) is 0.707. The van der Waals surface area contributed by atoms with Gasteiger partial charge in [0, 0.05) is 17.6 Å². The minimum atomic E-state index is 0.615. The molecule has 0 fully saturated rings. The number of hydrogen-bond acceptors (Lipinski definition) is 5. The molecule has 3 rings (SSSR count). The number of nitrogens with one attached hydrogen (secondary N) is 1. The first kappa shape index (κ1) is 14.7. The molecule has 0 bridgehead atoms. The van der Waals surface area contributed by atoms with Gasteiger partial charge >= 0.3 is 0 Å². The van der Waals surface area contributed by atoms with Crippen LogP contribution in [0.25, 0.3) is 10.1 Å². The van der Waals surface area contributed by atoms with Gasteiger partial charge in [-0.3, -0.25) is 4.98 Å². The zero-order valence-electron chi connectivity index (χ0n) is 12.6. The maximum Gasteiger partial charge on any atom is 0.142 e. The van der Waals surface area contributed by atoms with E-state index in [0.29, 0.717) is 13.2 Å². The minimum Gasteiger partial charge on any atom is -0.494 e. The lowest BCUT2D eigenvalue weighted by molar-refractivity contribution is 0.332. The molecule has 114 valence electrons. The molecule has 0 radical (unpaired) electrons. The number of pyridine rings is 1. The Morgan fingerprint density at radius 2 is 1.91 bits per heavy atom. The molecule has 0 unspecified atom stereocenters. The Balaban J connectivity index is 1.98. The van der Waals surface area contributed by atoms with E-state index in [1.165, 1.54) is 0 Å². The summed E-state index contributed by atoms with van der Waals surface area (Å²) in [6, 6.07) is 7.90. The first-order valence-electron chi connectivity index (χ1n) is 7.29. The van der Waals surface area contributed by atoms with E-state index >= 15 is 0 Å². The summed E-state index contributed by atoms with van der Waals surface area (Å²) in [5.74, 6) is 1.62. The van der Waals surface area contributed by atoms with Crippen molar-refractivity contribution in [2.75, 3.05) is 18.5 Å². The smallest absolute Gasteiger partial charge is 0.142 e. The van der Waals surface area contributed by atoms with E-state index in [-0.39, 0.29) is 0 Å². The van der Waals surface area contributed by atoms with E-state index in [9.17, 15) is 0 Å². The van der Waals surface area contributed by atoms with Crippen LogP contribution in [0.2, 0.25) is 0 Å². The Kier molecular flexibility index (Phi) is 4.44. The number of benzene rings is 1. The van der Waals surface area contributed by atoms with Gasteiger partial charge in [0.15, 0.2) is 0 Å². The van der Waals surface area contributed by atoms with Crippen LogP contribution in [0.3, 0.4) is 0 Å². The highest BCUT2D eigenvalue weighted by atomic mass is 32.1. The molecule has 2 aromatic heterocycles. The fraction of sp³-hybridized carbons (Fsp3) is 0.235. The molecule has 0 saturated carbocycles. The number of thiophene rings is 1. The third kappa shape index (κ3) is 2.99. The van der Waals surface area contributed by atoms with Gasteiger partial charge in [0.1, 0.15) is 11.5 Å². The number of aromatic nitrogens is 1. The Labute approximate surface area is 133 Å². The molecule has 3 aromatic rings. The molecule has 0 aliphatic rings. The molecule has 1 aromatic carbocycles. The normalized spacial score (nSPS) is 10.6. The number of fused-ring (bicyclic) bond motifs is 1. The average molecular weight is 314 g/mol. The van der Waals surface area contributed by atoms with Crippen molar-refractivity contribution in [2.24, 2.45) is 0 Å². The SMILES string of the molecule is CCOc1ccc(OCC)c(Nc2cncc3sccc23)c1. The van der Waals surface area contributed by atoms with Crippen LogP contribution in [-0.4, -0.2) is 18.2 Å². The Bertz CT molecular complexity index is 770. The molecule has 0 aliphatic carbocycles. The summed E-state index contributed by atoms with van der Waals surface area (Å²) in [7, 11) is 0. The third-order valence-corrected chi connectivity index (χ3v) is 4.06. The van der Waals surface area contributed by atoms with Crippen molar-refractivity contribution in [1.29, 1.82) is 0 Å². The van der Waals surface area contributed by atoms with Crippen molar-refractivity contribution < 1.29 is 9.47 Å². The van der Waals surface area contributed by atoms with Crippen molar-refractivity contribution in [2.45, 2.75) is 13.8 Å². The van der Waals surface area contributed by atoms with Gasteiger partial charge in [-0.25, -0.2) is 0 Å². The van der Waals surface area contributed by atoms with Gasteiger partial charge in [-0.05, 0) is 37.4 Å².